The Bertz CT molecular complexity index is 703. The van der Waals surface area contributed by atoms with Crippen molar-refractivity contribution in [2.24, 2.45) is 17.8 Å². The van der Waals surface area contributed by atoms with Gasteiger partial charge in [0.2, 0.25) is 0 Å². The number of methoxy groups -OCH3 is 1. The molecular weight excluding hydrogens is 332 g/mol. The van der Waals surface area contributed by atoms with E-state index in [-0.39, 0.29) is 42.1 Å². The number of allylic oxidation sites excluding steroid dienone is 1. The molecule has 5 atom stereocenters. The SMILES string of the molecule is C=C1C(=O)C(C(C)C)=C2CC(O)C(C)C3CCC(O)(COC)C3=CC12O. The minimum atomic E-state index is -1.64. The van der Waals surface area contributed by atoms with Crippen LogP contribution in [0.3, 0.4) is 0 Å². The summed E-state index contributed by atoms with van der Waals surface area (Å²) in [5, 5.41) is 33.5. The van der Waals surface area contributed by atoms with E-state index in [0.29, 0.717) is 29.6 Å². The van der Waals surface area contributed by atoms with Crippen molar-refractivity contribution in [1.82, 2.24) is 0 Å². The van der Waals surface area contributed by atoms with Crippen molar-refractivity contribution >= 4 is 5.78 Å². The van der Waals surface area contributed by atoms with Crippen LogP contribution < -0.4 is 0 Å². The Morgan fingerprint density at radius 2 is 2.04 bits per heavy atom. The molecule has 0 aromatic heterocycles. The number of hydrogen-bond donors (Lipinski definition) is 3. The number of ketones is 1. The Labute approximate surface area is 155 Å². The van der Waals surface area contributed by atoms with Crippen LogP contribution in [0.1, 0.15) is 40.0 Å². The van der Waals surface area contributed by atoms with E-state index in [1.54, 1.807) is 6.08 Å². The highest BCUT2D eigenvalue weighted by Crippen LogP contribution is 2.52. The predicted octanol–water partition coefficient (Wildman–Crippen LogP) is 1.92. The second-order valence-electron chi connectivity index (χ2n) is 8.46. The Balaban J connectivity index is 2.25. The minimum absolute atomic E-state index is 0.0678. The Kier molecular flexibility index (Phi) is 4.81. The van der Waals surface area contributed by atoms with Crippen LogP contribution in [0.4, 0.5) is 0 Å². The van der Waals surface area contributed by atoms with Gasteiger partial charge in [0, 0.05) is 18.3 Å². The van der Waals surface area contributed by atoms with Crippen LogP contribution in [0.2, 0.25) is 0 Å². The molecule has 0 aromatic carbocycles. The van der Waals surface area contributed by atoms with Gasteiger partial charge in [-0.15, -0.1) is 0 Å². The first-order valence-corrected chi connectivity index (χ1v) is 9.39. The highest BCUT2D eigenvalue weighted by molar-refractivity contribution is 6.14. The summed E-state index contributed by atoms with van der Waals surface area (Å²) in [6.45, 7) is 9.76. The third kappa shape index (κ3) is 2.64. The third-order valence-electron chi connectivity index (χ3n) is 6.55. The first-order valence-electron chi connectivity index (χ1n) is 9.39. The molecule has 3 N–H and O–H groups in total. The molecule has 5 heteroatoms. The Morgan fingerprint density at radius 1 is 1.38 bits per heavy atom. The van der Waals surface area contributed by atoms with E-state index in [0.717, 1.165) is 0 Å². The first-order chi connectivity index (χ1) is 12.1. The number of rotatable bonds is 3. The van der Waals surface area contributed by atoms with Gasteiger partial charge in [0.15, 0.2) is 5.78 Å². The van der Waals surface area contributed by atoms with Crippen molar-refractivity contribution in [3.05, 3.63) is 34.9 Å². The van der Waals surface area contributed by atoms with Gasteiger partial charge in [0.25, 0.3) is 0 Å². The van der Waals surface area contributed by atoms with Gasteiger partial charge in [-0.25, -0.2) is 0 Å². The van der Waals surface area contributed by atoms with Crippen LogP contribution in [0.15, 0.2) is 34.9 Å². The van der Waals surface area contributed by atoms with E-state index in [4.69, 9.17) is 4.74 Å². The number of fused-ring (bicyclic) bond motifs is 2. The Morgan fingerprint density at radius 3 is 2.62 bits per heavy atom. The number of carbonyl (C=O) groups is 1. The zero-order valence-electron chi connectivity index (χ0n) is 16.1. The molecule has 3 aliphatic carbocycles. The van der Waals surface area contributed by atoms with E-state index in [1.807, 2.05) is 20.8 Å². The Hall–Kier alpha value is -1.27. The molecule has 5 nitrogen and oxygen atoms in total. The standard InChI is InChI=1S/C21H30O5/c1-11(2)18-15-8-17(22)12(3)14-6-7-20(24,10-26-5)16(14)9-21(15,25)13(4)19(18)23/h9,11-12,14,17,22,24-25H,4,6-8,10H2,1-3,5H3. The lowest BCUT2D eigenvalue weighted by atomic mass is 9.73. The normalized spacial score (nSPS) is 40.5. The number of aliphatic hydroxyl groups is 3. The summed E-state index contributed by atoms with van der Waals surface area (Å²) in [6, 6.07) is 0. The molecule has 0 spiro atoms. The lowest BCUT2D eigenvalue weighted by Gasteiger charge is -2.37. The molecular formula is C21H30O5. The molecule has 0 bridgehead atoms. The highest BCUT2D eigenvalue weighted by atomic mass is 16.5. The van der Waals surface area contributed by atoms with Gasteiger partial charge >= 0.3 is 0 Å². The highest BCUT2D eigenvalue weighted by Gasteiger charge is 2.54. The monoisotopic (exact) mass is 362 g/mol. The molecule has 1 saturated carbocycles. The second-order valence-corrected chi connectivity index (χ2v) is 8.46. The maximum atomic E-state index is 12.8. The van der Waals surface area contributed by atoms with E-state index in [2.05, 4.69) is 6.58 Å². The van der Waals surface area contributed by atoms with E-state index in [1.165, 1.54) is 7.11 Å². The van der Waals surface area contributed by atoms with Crippen LogP contribution in [0.5, 0.6) is 0 Å². The molecule has 0 amide bonds. The fourth-order valence-electron chi connectivity index (χ4n) is 5.02. The van der Waals surface area contributed by atoms with Gasteiger partial charge in [0.1, 0.15) is 11.2 Å². The molecule has 26 heavy (non-hydrogen) atoms. The largest absolute Gasteiger partial charge is 0.392 e. The van der Waals surface area contributed by atoms with Crippen molar-refractivity contribution in [2.45, 2.75) is 57.3 Å². The van der Waals surface area contributed by atoms with E-state index >= 15 is 0 Å². The molecule has 3 aliphatic rings. The van der Waals surface area contributed by atoms with E-state index < -0.39 is 17.3 Å². The van der Waals surface area contributed by atoms with E-state index in [9.17, 15) is 20.1 Å². The van der Waals surface area contributed by atoms with Crippen LogP contribution in [-0.4, -0.2) is 52.1 Å². The topological polar surface area (TPSA) is 87.0 Å². The summed E-state index contributed by atoms with van der Waals surface area (Å²) in [4.78, 5) is 12.8. The smallest absolute Gasteiger partial charge is 0.188 e. The summed E-state index contributed by atoms with van der Waals surface area (Å²) < 4.78 is 5.23. The van der Waals surface area contributed by atoms with Crippen LogP contribution in [-0.2, 0) is 9.53 Å². The van der Waals surface area contributed by atoms with Crippen LogP contribution in [0, 0.1) is 17.8 Å². The van der Waals surface area contributed by atoms with Gasteiger partial charge in [-0.2, -0.15) is 0 Å². The van der Waals surface area contributed by atoms with Crippen LogP contribution >= 0.6 is 0 Å². The zero-order valence-corrected chi connectivity index (χ0v) is 16.1. The van der Waals surface area contributed by atoms with Gasteiger partial charge in [-0.1, -0.05) is 27.4 Å². The maximum absolute atomic E-state index is 12.8. The molecule has 0 radical (unpaired) electrons. The lowest BCUT2D eigenvalue weighted by molar-refractivity contribution is -0.112. The quantitative estimate of drug-likeness (QED) is 0.527. The van der Waals surface area contributed by atoms with Crippen molar-refractivity contribution < 1.29 is 24.9 Å². The van der Waals surface area contributed by atoms with Crippen LogP contribution in [0.25, 0.3) is 0 Å². The van der Waals surface area contributed by atoms with Crippen molar-refractivity contribution in [1.29, 1.82) is 0 Å². The van der Waals surface area contributed by atoms with Crippen molar-refractivity contribution in [3.8, 4) is 0 Å². The van der Waals surface area contributed by atoms with Gasteiger partial charge in [-0.3, -0.25) is 4.79 Å². The number of Topliss-reactive ketones (excluding diaryl/α,β-unsaturated/α-hetero) is 1. The zero-order chi connectivity index (χ0) is 19.4. The molecule has 5 unspecified atom stereocenters. The van der Waals surface area contributed by atoms with Gasteiger partial charge in [0.05, 0.1) is 12.7 Å². The first kappa shape index (κ1) is 19.5. The average molecular weight is 362 g/mol. The summed E-state index contributed by atoms with van der Waals surface area (Å²) in [6.07, 6.45) is 2.37. The fourth-order valence-corrected chi connectivity index (χ4v) is 5.02. The average Bonchev–Trinajstić information content (AvgIpc) is 2.95. The second kappa shape index (κ2) is 6.41. The summed E-state index contributed by atoms with van der Waals surface area (Å²) in [5.41, 5.74) is -1.01. The maximum Gasteiger partial charge on any atom is 0.188 e. The van der Waals surface area contributed by atoms with Gasteiger partial charge in [-0.05, 0) is 54.2 Å². The summed E-state index contributed by atoms with van der Waals surface area (Å²) >= 11 is 0. The number of ether oxygens (including phenoxy) is 1. The molecule has 0 aliphatic heterocycles. The third-order valence-corrected chi connectivity index (χ3v) is 6.55. The van der Waals surface area contributed by atoms with Crippen molar-refractivity contribution in [3.63, 3.8) is 0 Å². The molecule has 0 saturated heterocycles. The molecule has 0 aromatic rings. The number of carbonyl (C=O) groups excluding carboxylic acids is 1. The number of aliphatic hydroxyl groups excluding tert-OH is 1. The molecule has 0 heterocycles. The minimum Gasteiger partial charge on any atom is -0.392 e. The predicted molar refractivity (Wildman–Crippen MR) is 98.4 cm³/mol. The molecule has 3 rings (SSSR count). The molecule has 1 fully saturated rings. The fraction of sp³-hybridized carbons (Fsp3) is 0.667. The number of hydrogen-bond acceptors (Lipinski definition) is 5. The van der Waals surface area contributed by atoms with Crippen molar-refractivity contribution in [2.75, 3.05) is 13.7 Å². The van der Waals surface area contributed by atoms with Gasteiger partial charge < -0.3 is 20.1 Å². The summed E-state index contributed by atoms with van der Waals surface area (Å²) in [5.74, 6) is -0.495. The summed E-state index contributed by atoms with van der Waals surface area (Å²) in [7, 11) is 1.53. The lowest BCUT2D eigenvalue weighted by Crippen LogP contribution is -2.41. The molecule has 144 valence electrons.